The Morgan fingerprint density at radius 1 is 0.486 bits per heavy atom. The van der Waals surface area contributed by atoms with Crippen LogP contribution in [0.1, 0.15) is 22.3 Å². The number of fused-ring (bicyclic) bond motifs is 10. The van der Waals surface area contributed by atoms with Crippen molar-refractivity contribution in [2.75, 3.05) is 0 Å². The largest absolute Gasteiger partial charge is 0.458 e. The third-order valence-electron chi connectivity index (χ3n) is 8.16. The van der Waals surface area contributed by atoms with Gasteiger partial charge in [0.05, 0.1) is 5.41 Å². The standard InChI is InChI=1S/C31H19B2ClO/c34-33-25-15-5-2-11-21(25)31(22-12-3-6-16-26(22)33)20-10-1-4-14-24(20)32-27-17-7-8-18-28(27)35-29-19-9-13-23(31)30(29)32/h1-19H. The van der Waals surface area contributed by atoms with E-state index < -0.39 is 5.41 Å². The lowest BCUT2D eigenvalue weighted by Gasteiger charge is -2.49. The molecule has 35 heavy (non-hydrogen) atoms. The third-order valence-corrected chi connectivity index (χ3v) is 8.63. The Morgan fingerprint density at radius 3 is 1.66 bits per heavy atom. The predicted octanol–water partition coefficient (Wildman–Crippen LogP) is 3.66. The Hall–Kier alpha value is -3.68. The van der Waals surface area contributed by atoms with E-state index in [0.29, 0.717) is 0 Å². The maximum absolute atomic E-state index is 7.17. The zero-order valence-corrected chi connectivity index (χ0v) is 19.7. The van der Waals surface area contributed by atoms with E-state index in [4.69, 9.17) is 16.2 Å². The van der Waals surface area contributed by atoms with Gasteiger partial charge in [0.15, 0.2) is 0 Å². The fraction of sp³-hybridized carbons (Fsp3) is 0.0323. The first-order chi connectivity index (χ1) is 17.3. The van der Waals surface area contributed by atoms with Gasteiger partial charge in [0, 0.05) is 0 Å². The number of rotatable bonds is 0. The van der Waals surface area contributed by atoms with Crippen molar-refractivity contribution >= 4 is 51.6 Å². The second-order valence-corrected chi connectivity index (χ2v) is 10.1. The summed E-state index contributed by atoms with van der Waals surface area (Å²) >= 11 is 7.17. The Labute approximate surface area is 210 Å². The van der Waals surface area contributed by atoms with Crippen LogP contribution in [0, 0.1) is 0 Å². The van der Waals surface area contributed by atoms with Crippen LogP contribution in [-0.2, 0) is 5.41 Å². The monoisotopic (exact) mass is 464 g/mol. The summed E-state index contributed by atoms with van der Waals surface area (Å²) in [6.45, 7) is 0.126. The molecule has 5 aromatic rings. The Balaban J connectivity index is 1.59. The van der Waals surface area contributed by atoms with Gasteiger partial charge < -0.3 is 4.74 Å². The van der Waals surface area contributed by atoms with Crippen LogP contribution < -0.4 is 32.1 Å². The van der Waals surface area contributed by atoms with Gasteiger partial charge in [-0.3, -0.25) is 0 Å². The van der Waals surface area contributed by atoms with Crippen LogP contribution in [0.15, 0.2) is 115 Å². The zero-order chi connectivity index (χ0) is 23.1. The van der Waals surface area contributed by atoms with Gasteiger partial charge in [-0.15, -0.1) is 0 Å². The number of hydrogen-bond donors (Lipinski definition) is 0. The Bertz CT molecular complexity index is 1630. The number of benzene rings is 5. The molecule has 3 aliphatic heterocycles. The van der Waals surface area contributed by atoms with Crippen molar-refractivity contribution < 1.29 is 4.74 Å². The van der Waals surface area contributed by atoms with Crippen LogP contribution >= 0.6 is 11.5 Å². The van der Waals surface area contributed by atoms with E-state index >= 15 is 0 Å². The first kappa shape index (κ1) is 19.6. The molecule has 0 aromatic heterocycles. The van der Waals surface area contributed by atoms with E-state index in [2.05, 4.69) is 115 Å². The second kappa shape index (κ2) is 6.93. The predicted molar refractivity (Wildman–Crippen MR) is 147 cm³/mol. The lowest BCUT2D eigenvalue weighted by atomic mass is 9.29. The summed E-state index contributed by atoms with van der Waals surface area (Å²) in [5.41, 5.74) is 10.9. The van der Waals surface area contributed by atoms with Gasteiger partial charge in [0.2, 0.25) is 0 Å². The number of hydrogen-bond acceptors (Lipinski definition) is 1. The molecule has 1 nitrogen and oxygen atoms in total. The molecule has 0 unspecified atom stereocenters. The maximum Gasteiger partial charge on any atom is 0.316 e. The fourth-order valence-corrected chi connectivity index (χ4v) is 7.29. The van der Waals surface area contributed by atoms with Crippen molar-refractivity contribution in [3.05, 3.63) is 138 Å². The van der Waals surface area contributed by atoms with Gasteiger partial charge in [-0.05, 0) is 45.3 Å². The molecule has 0 radical (unpaired) electrons. The summed E-state index contributed by atoms with van der Waals surface area (Å²) < 4.78 is 6.54. The molecule has 3 heterocycles. The van der Waals surface area contributed by atoms with Gasteiger partial charge in [-0.2, -0.15) is 11.5 Å². The molecule has 0 atom stereocenters. The molecule has 8 rings (SSSR count). The van der Waals surface area contributed by atoms with Crippen molar-refractivity contribution in [1.82, 2.24) is 0 Å². The summed E-state index contributed by atoms with van der Waals surface area (Å²) in [4.78, 5) is 0. The molecule has 4 heteroatoms. The van der Waals surface area contributed by atoms with Gasteiger partial charge in [0.1, 0.15) is 11.5 Å². The van der Waals surface area contributed by atoms with Crippen molar-refractivity contribution in [2.45, 2.75) is 5.41 Å². The minimum atomic E-state index is -0.466. The van der Waals surface area contributed by atoms with Crippen molar-refractivity contribution in [3.8, 4) is 11.5 Å². The van der Waals surface area contributed by atoms with Crippen LogP contribution in [0.3, 0.4) is 0 Å². The molecule has 0 amide bonds. The van der Waals surface area contributed by atoms with Crippen LogP contribution in [0.2, 0.25) is 0 Å². The van der Waals surface area contributed by atoms with Gasteiger partial charge in [-0.1, -0.05) is 120 Å². The smallest absolute Gasteiger partial charge is 0.316 e. The van der Waals surface area contributed by atoms with Crippen molar-refractivity contribution in [3.63, 3.8) is 0 Å². The summed E-state index contributed by atoms with van der Waals surface area (Å²) in [5.74, 6) is 1.89. The van der Waals surface area contributed by atoms with Crippen LogP contribution in [-0.4, -0.2) is 12.8 Å². The molecule has 0 saturated carbocycles. The molecular formula is C31H19B2ClO. The topological polar surface area (TPSA) is 9.23 Å². The highest BCUT2D eigenvalue weighted by atomic mass is 35.5. The van der Waals surface area contributed by atoms with E-state index in [0.717, 1.165) is 11.5 Å². The molecule has 0 saturated heterocycles. The van der Waals surface area contributed by atoms with Crippen molar-refractivity contribution in [2.24, 2.45) is 0 Å². The van der Waals surface area contributed by atoms with E-state index in [1.165, 1.54) is 49.6 Å². The van der Waals surface area contributed by atoms with Gasteiger partial charge >= 0.3 is 6.13 Å². The van der Waals surface area contributed by atoms with E-state index in [1.54, 1.807) is 0 Å². The SMILES string of the molecule is ClB1c2ccccc2C2(c3ccccc31)c1ccccc1B1c3ccccc3Oc3cccc2c31. The molecular weight excluding hydrogens is 445 g/mol. The average Bonchev–Trinajstić information content (AvgIpc) is 2.92. The third kappa shape index (κ3) is 2.32. The molecule has 162 valence electrons. The zero-order valence-electron chi connectivity index (χ0n) is 18.9. The number of para-hydroxylation sites is 1. The normalized spacial score (nSPS) is 15.3. The molecule has 0 bridgehead atoms. The second-order valence-electron chi connectivity index (χ2n) is 9.66. The summed E-state index contributed by atoms with van der Waals surface area (Å²) in [6, 6.07) is 41.5. The Kier molecular flexibility index (Phi) is 3.88. The van der Waals surface area contributed by atoms with Crippen molar-refractivity contribution in [1.29, 1.82) is 0 Å². The Morgan fingerprint density at radius 2 is 0.971 bits per heavy atom. The molecule has 0 fully saturated rings. The first-order valence-electron chi connectivity index (χ1n) is 12.1. The lowest BCUT2D eigenvalue weighted by Crippen LogP contribution is -2.66. The molecule has 5 aromatic carbocycles. The lowest BCUT2D eigenvalue weighted by molar-refractivity contribution is 0.486. The van der Waals surface area contributed by atoms with E-state index in [1.807, 2.05) is 0 Å². The van der Waals surface area contributed by atoms with Gasteiger partial charge in [0.25, 0.3) is 6.71 Å². The van der Waals surface area contributed by atoms with Crippen LogP contribution in [0.25, 0.3) is 0 Å². The number of halogens is 1. The van der Waals surface area contributed by atoms with Crippen LogP contribution in [0.5, 0.6) is 11.5 Å². The molecule has 0 aliphatic carbocycles. The summed E-state index contributed by atoms with van der Waals surface area (Å²) in [5, 5.41) is 0. The highest BCUT2D eigenvalue weighted by Crippen LogP contribution is 2.48. The molecule has 0 N–H and O–H groups in total. The highest BCUT2D eigenvalue weighted by Gasteiger charge is 2.54. The van der Waals surface area contributed by atoms with E-state index in [-0.39, 0.29) is 12.8 Å². The average molecular weight is 465 g/mol. The van der Waals surface area contributed by atoms with Gasteiger partial charge in [-0.25, -0.2) is 0 Å². The quantitative estimate of drug-likeness (QED) is 0.311. The van der Waals surface area contributed by atoms with E-state index in [9.17, 15) is 0 Å². The first-order valence-corrected chi connectivity index (χ1v) is 12.6. The highest BCUT2D eigenvalue weighted by molar-refractivity contribution is 7.21. The molecule has 1 spiro atoms. The fourth-order valence-electron chi connectivity index (χ4n) is 6.91. The van der Waals surface area contributed by atoms with Crippen LogP contribution in [0.4, 0.5) is 0 Å². The number of ether oxygens (including phenoxy) is 1. The maximum atomic E-state index is 7.17. The minimum absolute atomic E-state index is 0.126. The summed E-state index contributed by atoms with van der Waals surface area (Å²) in [6.07, 6.45) is -0.186. The summed E-state index contributed by atoms with van der Waals surface area (Å²) in [7, 11) is 0. The molecule has 3 aliphatic rings. The minimum Gasteiger partial charge on any atom is -0.458 e.